The summed E-state index contributed by atoms with van der Waals surface area (Å²) < 4.78 is 44.9. The molecule has 2 unspecified atom stereocenters. The SMILES string of the molecule is Cc1ccc(S(=O)(=O)O)c(C2CCNC(OCc3ccc(Cl)c4ccoc34)C2)c1.c1ccncc1. The Hall–Kier alpha value is -2.75. The number of hydrogen-bond donors (Lipinski definition) is 2. The van der Waals surface area contributed by atoms with E-state index in [-0.39, 0.29) is 17.0 Å². The quantitative estimate of drug-likeness (QED) is 0.328. The highest BCUT2D eigenvalue weighted by molar-refractivity contribution is 7.85. The number of nitrogens with zero attached hydrogens (tertiary/aromatic N) is 1. The lowest BCUT2D eigenvalue weighted by Crippen LogP contribution is -2.39. The van der Waals surface area contributed by atoms with Gasteiger partial charge in [-0.2, -0.15) is 8.42 Å². The van der Waals surface area contributed by atoms with E-state index in [0.29, 0.717) is 35.7 Å². The molecule has 1 aliphatic heterocycles. The Labute approximate surface area is 209 Å². The maximum Gasteiger partial charge on any atom is 0.294 e. The van der Waals surface area contributed by atoms with Crippen molar-refractivity contribution >= 4 is 32.7 Å². The van der Waals surface area contributed by atoms with Crippen molar-refractivity contribution in [2.75, 3.05) is 6.54 Å². The van der Waals surface area contributed by atoms with Gasteiger partial charge in [-0.15, -0.1) is 0 Å². The van der Waals surface area contributed by atoms with E-state index >= 15 is 0 Å². The van der Waals surface area contributed by atoms with Gasteiger partial charge in [-0.25, -0.2) is 0 Å². The van der Waals surface area contributed by atoms with Crippen LogP contribution in [0.5, 0.6) is 0 Å². The van der Waals surface area contributed by atoms with E-state index in [1.165, 1.54) is 6.07 Å². The van der Waals surface area contributed by atoms with Crippen LogP contribution >= 0.6 is 11.6 Å². The highest BCUT2D eigenvalue weighted by atomic mass is 35.5. The van der Waals surface area contributed by atoms with Crippen molar-refractivity contribution < 1.29 is 22.1 Å². The van der Waals surface area contributed by atoms with E-state index < -0.39 is 10.1 Å². The second-order valence-corrected chi connectivity index (χ2v) is 10.2. The Kier molecular flexibility index (Phi) is 8.20. The van der Waals surface area contributed by atoms with Crippen molar-refractivity contribution in [1.29, 1.82) is 0 Å². The fraction of sp³-hybridized carbons (Fsp3) is 0.269. The molecule has 3 heterocycles. The van der Waals surface area contributed by atoms with Crippen molar-refractivity contribution in [1.82, 2.24) is 10.3 Å². The molecule has 0 radical (unpaired) electrons. The summed E-state index contributed by atoms with van der Waals surface area (Å²) in [5.41, 5.74) is 3.19. The number of piperidine rings is 1. The predicted molar refractivity (Wildman–Crippen MR) is 135 cm³/mol. The lowest BCUT2D eigenvalue weighted by atomic mass is 9.88. The Morgan fingerprint density at radius 2 is 1.97 bits per heavy atom. The zero-order valence-electron chi connectivity index (χ0n) is 19.2. The minimum absolute atomic E-state index is 0.0243. The van der Waals surface area contributed by atoms with Crippen molar-refractivity contribution in [2.45, 2.75) is 43.4 Å². The minimum atomic E-state index is -4.28. The van der Waals surface area contributed by atoms with Crippen LogP contribution in [0.4, 0.5) is 0 Å². The van der Waals surface area contributed by atoms with Gasteiger partial charge in [0.2, 0.25) is 0 Å². The standard InChI is InChI=1S/C21H22ClNO5S.C5H5N/c1-13-2-5-19(29(24,25)26)17(10-13)14-6-8-23-20(11-14)28-12-15-3-4-18(22)16-7-9-27-21(15)16;1-2-4-6-5-3-1/h2-5,7,9-10,14,20,23H,6,8,11-12H2,1H3,(H,24,25,26);1-5H. The molecule has 4 aromatic rings. The molecule has 0 amide bonds. The molecule has 0 spiro atoms. The first-order valence-corrected chi connectivity index (χ1v) is 13.1. The molecular weight excluding hydrogens is 488 g/mol. The van der Waals surface area contributed by atoms with Gasteiger partial charge in [0.05, 0.1) is 22.8 Å². The van der Waals surface area contributed by atoms with E-state index in [4.69, 9.17) is 20.8 Å². The smallest absolute Gasteiger partial charge is 0.294 e. The highest BCUT2D eigenvalue weighted by Gasteiger charge is 2.28. The number of ether oxygens (including phenoxy) is 1. The Balaban J connectivity index is 0.000000421. The third-order valence-electron chi connectivity index (χ3n) is 5.90. The van der Waals surface area contributed by atoms with Crippen molar-refractivity contribution in [2.24, 2.45) is 0 Å². The lowest BCUT2D eigenvalue weighted by Gasteiger charge is -2.31. The van der Waals surface area contributed by atoms with Crippen LogP contribution in [-0.4, -0.2) is 30.7 Å². The van der Waals surface area contributed by atoms with E-state index in [1.54, 1.807) is 24.7 Å². The van der Waals surface area contributed by atoms with E-state index in [9.17, 15) is 13.0 Å². The first-order chi connectivity index (χ1) is 16.8. The number of aromatic nitrogens is 1. The van der Waals surface area contributed by atoms with Gasteiger partial charge >= 0.3 is 0 Å². The first kappa shape index (κ1) is 25.3. The van der Waals surface area contributed by atoms with E-state index in [0.717, 1.165) is 22.9 Å². The van der Waals surface area contributed by atoms with Gasteiger partial charge in [0, 0.05) is 23.3 Å². The van der Waals surface area contributed by atoms with Crippen LogP contribution in [0.15, 0.2) is 82.6 Å². The predicted octanol–water partition coefficient (Wildman–Crippen LogP) is 5.73. The number of hydrogen-bond acceptors (Lipinski definition) is 6. The largest absolute Gasteiger partial charge is 0.464 e. The summed E-state index contributed by atoms with van der Waals surface area (Å²) in [5, 5.41) is 4.80. The van der Waals surface area contributed by atoms with Gasteiger partial charge in [-0.3, -0.25) is 14.9 Å². The average molecular weight is 515 g/mol. The normalized spacial score (nSPS) is 18.1. The lowest BCUT2D eigenvalue weighted by molar-refractivity contribution is -0.00404. The fourth-order valence-corrected chi connectivity index (χ4v) is 5.19. The van der Waals surface area contributed by atoms with Gasteiger partial charge in [0.15, 0.2) is 0 Å². The zero-order valence-corrected chi connectivity index (χ0v) is 20.8. The molecule has 0 aliphatic carbocycles. The molecule has 1 aliphatic rings. The van der Waals surface area contributed by atoms with Gasteiger partial charge in [0.25, 0.3) is 10.1 Å². The second kappa shape index (κ2) is 11.3. The number of halogens is 1. The molecule has 2 N–H and O–H groups in total. The topological polar surface area (TPSA) is 102 Å². The summed E-state index contributed by atoms with van der Waals surface area (Å²) in [6.45, 7) is 2.93. The molecule has 7 nitrogen and oxygen atoms in total. The Bertz CT molecular complexity index is 1350. The molecular formula is C26H27ClN2O5S. The number of benzene rings is 2. The summed E-state index contributed by atoms with van der Waals surface area (Å²) in [6.07, 6.45) is 6.21. The van der Waals surface area contributed by atoms with Crippen molar-refractivity contribution in [3.63, 3.8) is 0 Å². The molecule has 2 aromatic carbocycles. The summed E-state index contributed by atoms with van der Waals surface area (Å²) in [7, 11) is -4.28. The molecule has 35 heavy (non-hydrogen) atoms. The number of rotatable bonds is 5. The van der Waals surface area contributed by atoms with Crippen LogP contribution < -0.4 is 5.32 Å². The van der Waals surface area contributed by atoms with Gasteiger partial charge in [-0.1, -0.05) is 41.4 Å². The van der Waals surface area contributed by atoms with Gasteiger partial charge in [0.1, 0.15) is 11.8 Å². The van der Waals surface area contributed by atoms with Crippen LogP contribution in [0.2, 0.25) is 5.02 Å². The molecule has 5 rings (SSSR count). The molecule has 9 heteroatoms. The van der Waals surface area contributed by atoms with Gasteiger partial charge in [-0.05, 0) is 68.1 Å². The van der Waals surface area contributed by atoms with Crippen LogP contribution in [-0.2, 0) is 21.5 Å². The maximum absolute atomic E-state index is 11.8. The van der Waals surface area contributed by atoms with Crippen LogP contribution in [0.1, 0.15) is 35.4 Å². The molecule has 0 saturated carbocycles. The number of furan rings is 1. The summed E-state index contributed by atoms with van der Waals surface area (Å²) in [5.74, 6) is -0.0353. The molecule has 1 fully saturated rings. The first-order valence-electron chi connectivity index (χ1n) is 11.3. The zero-order chi connectivity index (χ0) is 24.8. The number of aryl methyl sites for hydroxylation is 1. The summed E-state index contributed by atoms with van der Waals surface area (Å²) in [6, 6.07) is 16.2. The van der Waals surface area contributed by atoms with Crippen molar-refractivity contribution in [3.8, 4) is 0 Å². The second-order valence-electron chi connectivity index (χ2n) is 8.39. The number of fused-ring (bicyclic) bond motifs is 1. The monoisotopic (exact) mass is 514 g/mol. The summed E-state index contributed by atoms with van der Waals surface area (Å²) >= 11 is 6.19. The molecule has 2 aromatic heterocycles. The maximum atomic E-state index is 11.8. The third-order valence-corrected chi connectivity index (χ3v) is 7.16. The molecule has 2 atom stereocenters. The number of pyridine rings is 1. The van der Waals surface area contributed by atoms with Crippen LogP contribution in [0, 0.1) is 6.92 Å². The highest BCUT2D eigenvalue weighted by Crippen LogP contribution is 2.34. The minimum Gasteiger partial charge on any atom is -0.464 e. The summed E-state index contributed by atoms with van der Waals surface area (Å²) in [4.78, 5) is 3.76. The van der Waals surface area contributed by atoms with E-state index in [1.807, 2.05) is 49.4 Å². The fourth-order valence-electron chi connectivity index (χ4n) is 4.21. The molecule has 184 valence electrons. The Morgan fingerprint density at radius 3 is 2.66 bits per heavy atom. The molecule has 1 saturated heterocycles. The van der Waals surface area contributed by atoms with Crippen molar-refractivity contribution in [3.05, 3.63) is 95.0 Å². The molecule has 0 bridgehead atoms. The average Bonchev–Trinajstić information content (AvgIpc) is 3.36. The Morgan fingerprint density at radius 1 is 1.17 bits per heavy atom. The van der Waals surface area contributed by atoms with Crippen LogP contribution in [0.3, 0.4) is 0 Å². The third kappa shape index (κ3) is 6.48. The number of nitrogens with one attached hydrogen (secondary N) is 1. The van der Waals surface area contributed by atoms with Gasteiger partial charge < -0.3 is 9.15 Å². The van der Waals surface area contributed by atoms with E-state index in [2.05, 4.69) is 10.3 Å². The van der Waals surface area contributed by atoms with Crippen LogP contribution in [0.25, 0.3) is 11.0 Å².